The molecule has 1 saturated heterocycles. The van der Waals surface area contributed by atoms with E-state index in [1.54, 1.807) is 0 Å². The van der Waals surface area contributed by atoms with Crippen molar-refractivity contribution in [2.75, 3.05) is 19.7 Å². The number of rotatable bonds is 6. The van der Waals surface area contributed by atoms with Gasteiger partial charge in [-0.05, 0) is 30.4 Å². The Hall–Kier alpha value is -1.39. The van der Waals surface area contributed by atoms with Crippen molar-refractivity contribution in [1.29, 1.82) is 0 Å². The van der Waals surface area contributed by atoms with Crippen molar-refractivity contribution in [1.82, 2.24) is 14.0 Å². The first-order chi connectivity index (χ1) is 11.2. The van der Waals surface area contributed by atoms with Gasteiger partial charge in [0, 0.05) is 31.9 Å². The van der Waals surface area contributed by atoms with Gasteiger partial charge in [0.2, 0.25) is 5.88 Å². The number of pyridine rings is 1. The molecule has 0 bridgehead atoms. The second-order valence-electron chi connectivity index (χ2n) is 5.84. The molecule has 10 heteroatoms. The van der Waals surface area contributed by atoms with Gasteiger partial charge in [-0.3, -0.25) is 0 Å². The number of hydrogen-bond donors (Lipinski definition) is 1. The Bertz CT molecular complexity index is 652. The average molecular weight is 367 g/mol. The Morgan fingerprint density at radius 3 is 2.88 bits per heavy atom. The van der Waals surface area contributed by atoms with Crippen LogP contribution in [0.3, 0.4) is 0 Å². The molecular weight excluding hydrogens is 347 g/mol. The van der Waals surface area contributed by atoms with Crippen molar-refractivity contribution in [3.05, 3.63) is 23.9 Å². The van der Waals surface area contributed by atoms with E-state index in [1.165, 1.54) is 22.6 Å². The molecule has 2 rings (SSSR count). The molecule has 1 aromatic rings. The lowest BCUT2D eigenvalue weighted by molar-refractivity contribution is -0.154. The SMILES string of the molecule is C[C@@H]1CCCN(S(=O)(=O)NCc2ccnc(OCC(F)(F)F)c2)C1. The number of hydrogen-bond acceptors (Lipinski definition) is 4. The van der Waals surface area contributed by atoms with Crippen LogP contribution in [0.1, 0.15) is 25.3 Å². The van der Waals surface area contributed by atoms with Crippen molar-refractivity contribution in [2.45, 2.75) is 32.5 Å². The van der Waals surface area contributed by atoms with Crippen LogP contribution in [0, 0.1) is 5.92 Å². The van der Waals surface area contributed by atoms with E-state index in [-0.39, 0.29) is 12.4 Å². The molecular formula is C14H20F3N3O3S. The quantitative estimate of drug-likeness (QED) is 0.836. The van der Waals surface area contributed by atoms with Gasteiger partial charge in [-0.1, -0.05) is 6.92 Å². The summed E-state index contributed by atoms with van der Waals surface area (Å²) in [6.45, 7) is 1.44. The zero-order chi connectivity index (χ0) is 17.8. The molecule has 1 fully saturated rings. The fourth-order valence-electron chi connectivity index (χ4n) is 2.43. The predicted molar refractivity (Wildman–Crippen MR) is 81.5 cm³/mol. The molecule has 1 aliphatic rings. The molecule has 24 heavy (non-hydrogen) atoms. The van der Waals surface area contributed by atoms with Crippen molar-refractivity contribution in [3.63, 3.8) is 0 Å². The molecule has 1 aliphatic heterocycles. The van der Waals surface area contributed by atoms with Crippen molar-refractivity contribution in [2.24, 2.45) is 5.92 Å². The number of piperidine rings is 1. The summed E-state index contributed by atoms with van der Waals surface area (Å²) in [5.41, 5.74) is 0.468. The van der Waals surface area contributed by atoms with Gasteiger partial charge < -0.3 is 4.74 Å². The van der Waals surface area contributed by atoms with Crippen LogP contribution in [0.5, 0.6) is 5.88 Å². The first kappa shape index (κ1) is 18.9. The zero-order valence-corrected chi connectivity index (χ0v) is 14.0. The third-order valence-electron chi connectivity index (χ3n) is 3.60. The fraction of sp³-hybridized carbons (Fsp3) is 0.643. The van der Waals surface area contributed by atoms with Crippen LogP contribution in [-0.4, -0.2) is 43.6 Å². The molecule has 1 N–H and O–H groups in total. The van der Waals surface area contributed by atoms with Gasteiger partial charge in [-0.2, -0.15) is 30.6 Å². The minimum atomic E-state index is -4.45. The maximum absolute atomic E-state index is 12.3. The average Bonchev–Trinajstić information content (AvgIpc) is 2.51. The van der Waals surface area contributed by atoms with Gasteiger partial charge >= 0.3 is 6.18 Å². The number of alkyl halides is 3. The Balaban J connectivity index is 1.93. The lowest BCUT2D eigenvalue weighted by Crippen LogP contribution is -2.45. The highest BCUT2D eigenvalue weighted by Crippen LogP contribution is 2.19. The number of halogens is 3. The third kappa shape index (κ3) is 5.91. The van der Waals surface area contributed by atoms with Gasteiger partial charge in [0.15, 0.2) is 6.61 Å². The molecule has 0 aliphatic carbocycles. The minimum absolute atomic E-state index is 0.0435. The standard InChI is InChI=1S/C14H20F3N3O3S/c1-11-3-2-6-20(9-11)24(21,22)19-8-12-4-5-18-13(7-12)23-10-14(15,16)17/h4-5,7,11,19H,2-3,6,8-10H2,1H3/t11-/m1/s1. The molecule has 0 amide bonds. The van der Waals surface area contributed by atoms with E-state index in [2.05, 4.69) is 14.4 Å². The van der Waals surface area contributed by atoms with Crippen LogP contribution in [0.25, 0.3) is 0 Å². The van der Waals surface area contributed by atoms with E-state index in [0.29, 0.717) is 24.6 Å². The van der Waals surface area contributed by atoms with Crippen molar-refractivity contribution in [3.8, 4) is 5.88 Å². The molecule has 136 valence electrons. The first-order valence-electron chi connectivity index (χ1n) is 7.55. The van der Waals surface area contributed by atoms with Crippen LogP contribution >= 0.6 is 0 Å². The normalized spacial score (nSPS) is 20.1. The van der Waals surface area contributed by atoms with Gasteiger partial charge in [-0.15, -0.1) is 0 Å². The molecule has 0 saturated carbocycles. The molecule has 6 nitrogen and oxygen atoms in total. The van der Waals surface area contributed by atoms with Crippen LogP contribution in [0.15, 0.2) is 18.3 Å². The Morgan fingerprint density at radius 2 is 2.21 bits per heavy atom. The van der Waals surface area contributed by atoms with Gasteiger partial charge in [-0.25, -0.2) is 4.98 Å². The number of aromatic nitrogens is 1. The van der Waals surface area contributed by atoms with Gasteiger partial charge in [0.05, 0.1) is 0 Å². The molecule has 2 heterocycles. The number of ether oxygens (including phenoxy) is 1. The summed E-state index contributed by atoms with van der Waals surface area (Å²) < 4.78 is 69.3. The largest absolute Gasteiger partial charge is 0.468 e. The molecule has 1 atom stereocenters. The van der Waals surface area contributed by atoms with Gasteiger partial charge in [0.25, 0.3) is 10.2 Å². The van der Waals surface area contributed by atoms with E-state index in [4.69, 9.17) is 0 Å². The van der Waals surface area contributed by atoms with Crippen LogP contribution in [0.4, 0.5) is 13.2 Å². The summed E-state index contributed by atoms with van der Waals surface area (Å²) in [7, 11) is -3.62. The molecule has 0 spiro atoms. The van der Waals surface area contributed by atoms with E-state index in [1.807, 2.05) is 6.92 Å². The molecule has 0 aromatic carbocycles. The monoisotopic (exact) mass is 367 g/mol. The van der Waals surface area contributed by atoms with Crippen LogP contribution < -0.4 is 9.46 Å². The highest BCUT2D eigenvalue weighted by Gasteiger charge is 2.29. The Morgan fingerprint density at radius 1 is 1.46 bits per heavy atom. The highest BCUT2D eigenvalue weighted by atomic mass is 32.2. The number of nitrogens with zero attached hydrogens (tertiary/aromatic N) is 2. The fourth-order valence-corrected chi connectivity index (χ4v) is 3.78. The van der Waals surface area contributed by atoms with Crippen molar-refractivity contribution >= 4 is 10.2 Å². The second-order valence-corrected chi connectivity index (χ2v) is 7.59. The van der Waals surface area contributed by atoms with Crippen LogP contribution in [-0.2, 0) is 16.8 Å². The molecule has 0 radical (unpaired) electrons. The third-order valence-corrected chi connectivity index (χ3v) is 5.12. The summed E-state index contributed by atoms with van der Waals surface area (Å²) in [6.07, 6.45) is -1.37. The van der Waals surface area contributed by atoms with Gasteiger partial charge in [0.1, 0.15) is 0 Å². The predicted octanol–water partition coefficient (Wildman–Crippen LogP) is 2.09. The Kier molecular flexibility index (Phi) is 6.05. The van der Waals surface area contributed by atoms with E-state index in [0.717, 1.165) is 12.8 Å². The summed E-state index contributed by atoms with van der Waals surface area (Å²) in [4.78, 5) is 3.68. The lowest BCUT2D eigenvalue weighted by atomic mass is 10.0. The second kappa shape index (κ2) is 7.66. The van der Waals surface area contributed by atoms with Crippen molar-refractivity contribution < 1.29 is 26.3 Å². The highest BCUT2D eigenvalue weighted by molar-refractivity contribution is 7.87. The lowest BCUT2D eigenvalue weighted by Gasteiger charge is -2.30. The van der Waals surface area contributed by atoms with Crippen LogP contribution in [0.2, 0.25) is 0 Å². The summed E-state index contributed by atoms with van der Waals surface area (Å²) in [5.74, 6) is 0.106. The number of nitrogens with one attached hydrogen (secondary N) is 1. The topological polar surface area (TPSA) is 71.5 Å². The maximum Gasteiger partial charge on any atom is 0.422 e. The Labute approximate surface area is 139 Å². The van der Waals surface area contributed by atoms with E-state index < -0.39 is 23.0 Å². The summed E-state index contributed by atoms with van der Waals surface area (Å²) in [6, 6.07) is 2.80. The molecule has 1 aromatic heterocycles. The molecule has 0 unspecified atom stereocenters. The first-order valence-corrected chi connectivity index (χ1v) is 8.99. The summed E-state index contributed by atoms with van der Waals surface area (Å²) >= 11 is 0. The van der Waals surface area contributed by atoms with E-state index in [9.17, 15) is 21.6 Å². The summed E-state index contributed by atoms with van der Waals surface area (Å²) in [5, 5.41) is 0. The van der Waals surface area contributed by atoms with E-state index >= 15 is 0 Å². The smallest absolute Gasteiger partial charge is 0.422 e. The zero-order valence-electron chi connectivity index (χ0n) is 13.2. The maximum atomic E-state index is 12.3. The minimum Gasteiger partial charge on any atom is -0.468 e.